The van der Waals surface area contributed by atoms with Crippen LogP contribution in [-0.4, -0.2) is 32.4 Å². The summed E-state index contributed by atoms with van der Waals surface area (Å²) in [7, 11) is 0. The minimum Gasteiger partial charge on any atom is -0.330 e. The molecule has 0 aliphatic carbocycles. The van der Waals surface area contributed by atoms with Gasteiger partial charge in [0.1, 0.15) is 5.82 Å². The molecule has 0 bridgehead atoms. The van der Waals surface area contributed by atoms with Gasteiger partial charge in [0, 0.05) is 17.8 Å². The molecule has 0 fully saturated rings. The number of aryl methyl sites for hydroxylation is 2. The zero-order valence-corrected chi connectivity index (χ0v) is 11.1. The van der Waals surface area contributed by atoms with E-state index in [1.807, 2.05) is 13.8 Å². The summed E-state index contributed by atoms with van der Waals surface area (Å²) in [5.41, 5.74) is 7.76. The smallest absolute Gasteiger partial charge is 0.260 e. The zero-order chi connectivity index (χ0) is 13.8. The molecule has 0 saturated carbocycles. The maximum Gasteiger partial charge on any atom is 0.260 e. The lowest BCUT2D eigenvalue weighted by Crippen LogP contribution is -2.14. The minimum atomic E-state index is -0.191. The summed E-state index contributed by atoms with van der Waals surface area (Å²) in [5, 5.41) is 13.6. The lowest BCUT2D eigenvalue weighted by Gasteiger charge is -2.05. The highest BCUT2D eigenvalue weighted by Gasteiger charge is 2.15. The van der Waals surface area contributed by atoms with Crippen LogP contribution in [0.4, 0.5) is 5.82 Å². The Morgan fingerprint density at radius 3 is 2.89 bits per heavy atom. The molecule has 2 aromatic heterocycles. The first-order valence-corrected chi connectivity index (χ1v) is 6.17. The lowest BCUT2D eigenvalue weighted by atomic mass is 10.2. The number of amides is 1. The summed E-state index contributed by atoms with van der Waals surface area (Å²) in [6.45, 7) is 5.07. The molecule has 0 atom stereocenters. The number of carbonyl (C=O) groups excluding carboxylic acids is 1. The Morgan fingerprint density at radius 2 is 2.26 bits per heavy atom. The standard InChI is InChI=1S/C12H18N6O/c1-8-6-14-17-11(8)16-12(19)10-7-15-18(9(10)2)5-3-4-13/h6-7H,3-5,13H2,1-2H3,(H2,14,16,17,19). The van der Waals surface area contributed by atoms with Crippen molar-refractivity contribution < 1.29 is 4.79 Å². The third-order valence-corrected chi connectivity index (χ3v) is 2.99. The van der Waals surface area contributed by atoms with Crippen LogP contribution in [0.15, 0.2) is 12.4 Å². The van der Waals surface area contributed by atoms with Crippen LogP contribution in [0.1, 0.15) is 28.0 Å². The summed E-state index contributed by atoms with van der Waals surface area (Å²) in [5.74, 6) is 0.419. The Labute approximate surface area is 111 Å². The average Bonchev–Trinajstić information content (AvgIpc) is 2.94. The van der Waals surface area contributed by atoms with Crippen LogP contribution in [0.5, 0.6) is 0 Å². The van der Waals surface area contributed by atoms with Crippen LogP contribution in [-0.2, 0) is 6.54 Å². The first-order valence-electron chi connectivity index (χ1n) is 6.17. The highest BCUT2D eigenvalue weighted by Crippen LogP contribution is 2.13. The minimum absolute atomic E-state index is 0.191. The third-order valence-electron chi connectivity index (χ3n) is 2.99. The Balaban J connectivity index is 2.11. The van der Waals surface area contributed by atoms with Gasteiger partial charge in [-0.1, -0.05) is 0 Å². The number of aromatic amines is 1. The van der Waals surface area contributed by atoms with Crippen LogP contribution in [0, 0.1) is 13.8 Å². The second-order valence-corrected chi connectivity index (χ2v) is 4.39. The van der Waals surface area contributed by atoms with Crippen molar-refractivity contribution in [3.05, 3.63) is 29.2 Å². The highest BCUT2D eigenvalue weighted by atomic mass is 16.1. The highest BCUT2D eigenvalue weighted by molar-refractivity contribution is 6.04. The Kier molecular flexibility index (Phi) is 3.96. The van der Waals surface area contributed by atoms with Gasteiger partial charge in [0.05, 0.1) is 18.0 Å². The summed E-state index contributed by atoms with van der Waals surface area (Å²) < 4.78 is 1.79. The van der Waals surface area contributed by atoms with Crippen LogP contribution in [0.25, 0.3) is 0 Å². The Morgan fingerprint density at radius 1 is 1.47 bits per heavy atom. The van der Waals surface area contributed by atoms with E-state index in [2.05, 4.69) is 20.6 Å². The number of rotatable bonds is 5. The maximum absolute atomic E-state index is 12.1. The van der Waals surface area contributed by atoms with Gasteiger partial charge in [0.2, 0.25) is 0 Å². The fraction of sp³-hybridized carbons (Fsp3) is 0.417. The molecule has 0 unspecified atom stereocenters. The number of nitrogens with one attached hydrogen (secondary N) is 2. The largest absolute Gasteiger partial charge is 0.330 e. The molecule has 2 aromatic rings. The molecular formula is C12H18N6O. The number of H-pyrrole nitrogens is 1. The predicted octanol–water partition coefficient (Wildman–Crippen LogP) is 0.824. The Hall–Kier alpha value is -2.15. The van der Waals surface area contributed by atoms with Crippen LogP contribution in [0.2, 0.25) is 0 Å². The van der Waals surface area contributed by atoms with Gasteiger partial charge in [-0.3, -0.25) is 14.6 Å². The van der Waals surface area contributed by atoms with E-state index in [-0.39, 0.29) is 5.91 Å². The van der Waals surface area contributed by atoms with Crippen LogP contribution < -0.4 is 11.1 Å². The molecule has 0 saturated heterocycles. The SMILES string of the molecule is Cc1cn[nH]c1NC(=O)c1cnn(CCCN)c1C. The van der Waals surface area contributed by atoms with E-state index < -0.39 is 0 Å². The van der Waals surface area contributed by atoms with Gasteiger partial charge in [-0.25, -0.2) is 0 Å². The van der Waals surface area contributed by atoms with Gasteiger partial charge in [-0.2, -0.15) is 10.2 Å². The molecule has 7 heteroatoms. The number of carbonyl (C=O) groups is 1. The van der Waals surface area contributed by atoms with Crippen molar-refractivity contribution in [2.24, 2.45) is 5.73 Å². The molecule has 0 aliphatic rings. The predicted molar refractivity (Wildman–Crippen MR) is 71.9 cm³/mol. The molecule has 1 amide bonds. The number of hydrogen-bond donors (Lipinski definition) is 3. The fourth-order valence-corrected chi connectivity index (χ4v) is 1.79. The van der Waals surface area contributed by atoms with Crippen molar-refractivity contribution in [3.8, 4) is 0 Å². The first kappa shape index (κ1) is 13.3. The van der Waals surface area contributed by atoms with Crippen molar-refractivity contribution >= 4 is 11.7 Å². The van der Waals surface area contributed by atoms with E-state index in [1.165, 1.54) is 0 Å². The fourth-order valence-electron chi connectivity index (χ4n) is 1.79. The normalized spacial score (nSPS) is 10.7. The molecule has 0 aromatic carbocycles. The number of aromatic nitrogens is 4. The zero-order valence-electron chi connectivity index (χ0n) is 11.1. The number of nitrogens with two attached hydrogens (primary N) is 1. The van der Waals surface area contributed by atoms with Gasteiger partial charge in [0.25, 0.3) is 5.91 Å². The summed E-state index contributed by atoms with van der Waals surface area (Å²) in [6.07, 6.45) is 4.07. The molecule has 102 valence electrons. The van der Waals surface area contributed by atoms with E-state index in [4.69, 9.17) is 5.73 Å². The summed E-state index contributed by atoms with van der Waals surface area (Å²) in [6, 6.07) is 0. The topological polar surface area (TPSA) is 102 Å². The van der Waals surface area contributed by atoms with Gasteiger partial charge < -0.3 is 11.1 Å². The molecule has 2 heterocycles. The number of hydrogen-bond acceptors (Lipinski definition) is 4. The van der Waals surface area contributed by atoms with Gasteiger partial charge >= 0.3 is 0 Å². The van der Waals surface area contributed by atoms with E-state index in [1.54, 1.807) is 17.1 Å². The second kappa shape index (κ2) is 5.66. The van der Waals surface area contributed by atoms with E-state index in [0.29, 0.717) is 17.9 Å². The summed E-state index contributed by atoms with van der Waals surface area (Å²) in [4.78, 5) is 12.1. The molecule has 7 nitrogen and oxygen atoms in total. The van der Waals surface area contributed by atoms with Crippen LogP contribution in [0.3, 0.4) is 0 Å². The van der Waals surface area contributed by atoms with Crippen LogP contribution >= 0.6 is 0 Å². The molecule has 4 N–H and O–H groups in total. The molecular weight excluding hydrogens is 244 g/mol. The first-order chi connectivity index (χ1) is 9.13. The third kappa shape index (κ3) is 2.82. The van der Waals surface area contributed by atoms with Crippen molar-refractivity contribution in [2.75, 3.05) is 11.9 Å². The van der Waals surface area contributed by atoms with Crippen molar-refractivity contribution in [1.29, 1.82) is 0 Å². The lowest BCUT2D eigenvalue weighted by molar-refractivity contribution is 0.102. The molecule has 0 spiro atoms. The Bertz CT molecular complexity index is 571. The number of anilines is 1. The molecule has 2 rings (SSSR count). The van der Waals surface area contributed by atoms with Gasteiger partial charge in [-0.15, -0.1) is 0 Å². The quantitative estimate of drug-likeness (QED) is 0.742. The van der Waals surface area contributed by atoms with E-state index in [9.17, 15) is 4.79 Å². The van der Waals surface area contributed by atoms with Crippen molar-refractivity contribution in [3.63, 3.8) is 0 Å². The number of nitrogens with zero attached hydrogens (tertiary/aromatic N) is 3. The second-order valence-electron chi connectivity index (χ2n) is 4.39. The summed E-state index contributed by atoms with van der Waals surface area (Å²) >= 11 is 0. The van der Waals surface area contributed by atoms with E-state index >= 15 is 0 Å². The van der Waals surface area contributed by atoms with Crippen molar-refractivity contribution in [2.45, 2.75) is 26.8 Å². The maximum atomic E-state index is 12.1. The van der Waals surface area contributed by atoms with Gasteiger partial charge in [-0.05, 0) is 26.8 Å². The van der Waals surface area contributed by atoms with Crippen molar-refractivity contribution in [1.82, 2.24) is 20.0 Å². The van der Waals surface area contributed by atoms with Gasteiger partial charge in [0.15, 0.2) is 0 Å². The van der Waals surface area contributed by atoms with E-state index in [0.717, 1.165) is 24.2 Å². The molecule has 0 radical (unpaired) electrons. The molecule has 19 heavy (non-hydrogen) atoms. The monoisotopic (exact) mass is 262 g/mol. The average molecular weight is 262 g/mol. The molecule has 0 aliphatic heterocycles.